The summed E-state index contributed by atoms with van der Waals surface area (Å²) in [6.07, 6.45) is 2.33. The Hall–Kier alpha value is -2.78. The van der Waals surface area contributed by atoms with Crippen molar-refractivity contribution in [3.63, 3.8) is 0 Å². The zero-order valence-corrected chi connectivity index (χ0v) is 17.3. The lowest BCUT2D eigenvalue weighted by atomic mass is 10.1. The van der Waals surface area contributed by atoms with Crippen LogP contribution in [-0.4, -0.2) is 51.3 Å². The van der Waals surface area contributed by atoms with Crippen molar-refractivity contribution in [3.8, 4) is 5.75 Å². The molecule has 9 heteroatoms. The van der Waals surface area contributed by atoms with Crippen LogP contribution in [0, 0.1) is 5.82 Å². The molecular weight excluding hydrogens is 413 g/mol. The van der Waals surface area contributed by atoms with Crippen molar-refractivity contribution in [2.75, 3.05) is 26.8 Å². The van der Waals surface area contributed by atoms with E-state index in [2.05, 4.69) is 0 Å². The minimum absolute atomic E-state index is 0.144. The molecule has 0 aliphatic carbocycles. The number of piperidine rings is 1. The second-order valence-corrected chi connectivity index (χ2v) is 8.74. The first-order chi connectivity index (χ1) is 14.3. The fraction of sp³-hybridized carbons (Fsp3) is 0.333. The number of hydrogen-bond donors (Lipinski definition) is 0. The highest BCUT2D eigenvalue weighted by atomic mass is 32.2. The number of sulfonamides is 1. The first-order valence-electron chi connectivity index (χ1n) is 9.47. The summed E-state index contributed by atoms with van der Waals surface area (Å²) in [5, 5.41) is 0. The van der Waals surface area contributed by atoms with E-state index in [0.717, 1.165) is 24.6 Å². The predicted octanol–water partition coefficient (Wildman–Crippen LogP) is 3.05. The third-order valence-corrected chi connectivity index (χ3v) is 6.76. The number of rotatable bonds is 7. The third-order valence-electron chi connectivity index (χ3n) is 4.85. The number of carbonyl (C=O) groups excluding carboxylic acids is 2. The number of esters is 1. The van der Waals surface area contributed by atoms with Crippen LogP contribution >= 0.6 is 0 Å². The Morgan fingerprint density at radius 2 is 1.63 bits per heavy atom. The van der Waals surface area contributed by atoms with Gasteiger partial charge >= 0.3 is 5.97 Å². The van der Waals surface area contributed by atoms with E-state index >= 15 is 0 Å². The van der Waals surface area contributed by atoms with Gasteiger partial charge < -0.3 is 9.47 Å². The molecule has 0 spiro atoms. The SMILES string of the molecule is COc1ccc(C(=O)COC(=O)c2ccc(F)c(S(=O)(=O)N3CCCCC3)c2)cc1. The molecule has 0 N–H and O–H groups in total. The second-order valence-electron chi connectivity index (χ2n) is 6.84. The van der Waals surface area contributed by atoms with Crippen LogP contribution in [0.15, 0.2) is 47.4 Å². The van der Waals surface area contributed by atoms with Gasteiger partial charge in [-0.25, -0.2) is 17.6 Å². The molecule has 0 saturated carbocycles. The number of halogens is 1. The van der Waals surface area contributed by atoms with Gasteiger partial charge in [0.1, 0.15) is 16.5 Å². The van der Waals surface area contributed by atoms with Crippen molar-refractivity contribution >= 4 is 21.8 Å². The minimum atomic E-state index is -4.06. The molecule has 1 heterocycles. The topological polar surface area (TPSA) is 90.0 Å². The lowest BCUT2D eigenvalue weighted by Crippen LogP contribution is -2.36. The highest BCUT2D eigenvalue weighted by Gasteiger charge is 2.29. The summed E-state index contributed by atoms with van der Waals surface area (Å²) in [6.45, 7) is 0.0936. The average molecular weight is 435 g/mol. The van der Waals surface area contributed by atoms with Crippen molar-refractivity contribution in [1.82, 2.24) is 4.31 Å². The molecule has 0 amide bonds. The Morgan fingerprint density at radius 1 is 1.00 bits per heavy atom. The summed E-state index contributed by atoms with van der Waals surface area (Å²) >= 11 is 0. The number of hydrogen-bond acceptors (Lipinski definition) is 6. The number of Topliss-reactive ketones (excluding diaryl/α,β-unsaturated/α-hetero) is 1. The highest BCUT2D eigenvalue weighted by molar-refractivity contribution is 7.89. The van der Waals surface area contributed by atoms with E-state index in [9.17, 15) is 22.4 Å². The maximum absolute atomic E-state index is 14.3. The Morgan fingerprint density at radius 3 is 2.27 bits per heavy atom. The fourth-order valence-corrected chi connectivity index (χ4v) is 4.75. The molecule has 1 fully saturated rings. The van der Waals surface area contributed by atoms with E-state index < -0.39 is 39.1 Å². The fourth-order valence-electron chi connectivity index (χ4n) is 3.15. The number of carbonyl (C=O) groups is 2. The number of ketones is 1. The summed E-state index contributed by atoms with van der Waals surface area (Å²) in [5.41, 5.74) is 0.186. The number of benzene rings is 2. The van der Waals surface area contributed by atoms with Crippen molar-refractivity contribution in [2.45, 2.75) is 24.2 Å². The summed E-state index contributed by atoms with van der Waals surface area (Å²) in [5.74, 6) is -1.70. The molecule has 0 radical (unpaired) electrons. The largest absolute Gasteiger partial charge is 0.497 e. The molecule has 1 aliphatic heterocycles. The smallest absolute Gasteiger partial charge is 0.338 e. The normalized spacial score (nSPS) is 14.9. The third kappa shape index (κ3) is 4.85. The highest BCUT2D eigenvalue weighted by Crippen LogP contribution is 2.24. The monoisotopic (exact) mass is 435 g/mol. The van der Waals surface area contributed by atoms with E-state index in [0.29, 0.717) is 37.2 Å². The molecule has 0 unspecified atom stereocenters. The van der Waals surface area contributed by atoms with Gasteiger partial charge in [-0.3, -0.25) is 4.79 Å². The van der Waals surface area contributed by atoms with Crippen molar-refractivity contribution in [2.24, 2.45) is 0 Å². The first kappa shape index (κ1) is 21.9. The number of nitrogens with zero attached hydrogens (tertiary/aromatic N) is 1. The molecule has 0 aromatic heterocycles. The Labute approximate surface area is 174 Å². The zero-order chi connectivity index (χ0) is 21.7. The van der Waals surface area contributed by atoms with E-state index in [-0.39, 0.29) is 5.56 Å². The Balaban J connectivity index is 1.71. The molecule has 7 nitrogen and oxygen atoms in total. The molecular formula is C21H22FNO6S. The van der Waals surface area contributed by atoms with Gasteiger partial charge in [0, 0.05) is 18.7 Å². The lowest BCUT2D eigenvalue weighted by molar-refractivity contribution is 0.0474. The average Bonchev–Trinajstić information content (AvgIpc) is 2.78. The van der Waals surface area contributed by atoms with Crippen LogP contribution in [0.1, 0.15) is 40.0 Å². The van der Waals surface area contributed by atoms with Crippen LogP contribution < -0.4 is 4.74 Å². The van der Waals surface area contributed by atoms with Gasteiger partial charge in [-0.1, -0.05) is 6.42 Å². The number of methoxy groups -OCH3 is 1. The van der Waals surface area contributed by atoms with E-state index in [1.807, 2.05) is 0 Å². The second kappa shape index (κ2) is 9.36. The van der Waals surface area contributed by atoms with Crippen molar-refractivity contribution in [1.29, 1.82) is 0 Å². The Bertz CT molecular complexity index is 1030. The predicted molar refractivity (Wildman–Crippen MR) is 107 cm³/mol. The van der Waals surface area contributed by atoms with Gasteiger partial charge in [0.25, 0.3) is 0 Å². The zero-order valence-electron chi connectivity index (χ0n) is 16.5. The van der Waals surface area contributed by atoms with Crippen LogP contribution in [0.4, 0.5) is 4.39 Å². The van der Waals surface area contributed by atoms with Crippen molar-refractivity contribution < 1.29 is 31.9 Å². The lowest BCUT2D eigenvalue weighted by Gasteiger charge is -2.26. The summed E-state index contributed by atoms with van der Waals surface area (Å²) in [6, 6.07) is 9.29. The van der Waals surface area contributed by atoms with Crippen LogP contribution in [0.25, 0.3) is 0 Å². The molecule has 2 aromatic carbocycles. The molecule has 0 atom stereocenters. The van der Waals surface area contributed by atoms with Gasteiger partial charge in [-0.05, 0) is 55.3 Å². The first-order valence-corrected chi connectivity index (χ1v) is 10.9. The molecule has 2 aromatic rings. The van der Waals surface area contributed by atoms with E-state index in [1.165, 1.54) is 23.5 Å². The Kier molecular flexibility index (Phi) is 6.84. The summed E-state index contributed by atoms with van der Waals surface area (Å²) < 4.78 is 51.0. The maximum atomic E-state index is 14.3. The van der Waals surface area contributed by atoms with E-state index in [4.69, 9.17) is 9.47 Å². The maximum Gasteiger partial charge on any atom is 0.338 e. The quantitative estimate of drug-likeness (QED) is 0.491. The van der Waals surface area contributed by atoms with Crippen LogP contribution in [0.2, 0.25) is 0 Å². The van der Waals surface area contributed by atoms with Crippen LogP contribution in [0.3, 0.4) is 0 Å². The van der Waals surface area contributed by atoms with Crippen molar-refractivity contribution in [3.05, 3.63) is 59.4 Å². The summed E-state index contributed by atoms with van der Waals surface area (Å²) in [4.78, 5) is 23.9. The van der Waals surface area contributed by atoms with Gasteiger partial charge in [0.2, 0.25) is 10.0 Å². The van der Waals surface area contributed by atoms with E-state index in [1.54, 1.807) is 12.1 Å². The minimum Gasteiger partial charge on any atom is -0.497 e. The molecule has 1 aliphatic rings. The molecule has 3 rings (SSSR count). The number of ether oxygens (including phenoxy) is 2. The van der Waals surface area contributed by atoms with Crippen LogP contribution in [0.5, 0.6) is 5.75 Å². The molecule has 30 heavy (non-hydrogen) atoms. The van der Waals surface area contributed by atoms with Gasteiger partial charge in [-0.2, -0.15) is 4.31 Å². The molecule has 160 valence electrons. The molecule has 1 saturated heterocycles. The standard InChI is InChI=1S/C21H22FNO6S/c1-28-17-8-5-15(6-9-17)19(24)14-29-21(25)16-7-10-18(22)20(13-16)30(26,27)23-11-3-2-4-12-23/h5-10,13H,2-4,11-12,14H2,1H3. The van der Waals surface area contributed by atoms with Gasteiger partial charge in [0.05, 0.1) is 12.7 Å². The van der Waals surface area contributed by atoms with Crippen LogP contribution in [-0.2, 0) is 14.8 Å². The van der Waals surface area contributed by atoms with Gasteiger partial charge in [-0.15, -0.1) is 0 Å². The van der Waals surface area contributed by atoms with Gasteiger partial charge in [0.15, 0.2) is 12.4 Å². The molecule has 0 bridgehead atoms. The summed E-state index contributed by atoms with van der Waals surface area (Å²) in [7, 11) is -2.56.